The number of fused-ring (bicyclic) bond motifs is 1. The number of ether oxygens (including phenoxy) is 3. The number of hydrogen-bond acceptors (Lipinski definition) is 4. The topological polar surface area (TPSA) is 47.9 Å². The molecule has 0 amide bonds. The van der Waals surface area contributed by atoms with Crippen LogP contribution in [-0.2, 0) is 14.2 Å². The SMILES string of the molecule is CO[C@H]1C[C@H]2OC(O)C[C@H]2O1. The van der Waals surface area contributed by atoms with Crippen molar-refractivity contribution in [3.63, 3.8) is 0 Å². The van der Waals surface area contributed by atoms with E-state index in [1.807, 2.05) is 0 Å². The van der Waals surface area contributed by atoms with E-state index < -0.39 is 6.29 Å². The maximum Gasteiger partial charge on any atom is 0.160 e. The summed E-state index contributed by atoms with van der Waals surface area (Å²) in [4.78, 5) is 0. The highest BCUT2D eigenvalue weighted by Crippen LogP contribution is 2.32. The molecule has 2 aliphatic rings. The van der Waals surface area contributed by atoms with E-state index in [0.717, 1.165) is 6.42 Å². The lowest BCUT2D eigenvalue weighted by Crippen LogP contribution is -2.14. The Morgan fingerprint density at radius 1 is 1.27 bits per heavy atom. The van der Waals surface area contributed by atoms with Gasteiger partial charge in [-0.05, 0) is 0 Å². The Bertz CT molecular complexity index is 135. The van der Waals surface area contributed by atoms with Gasteiger partial charge in [-0.1, -0.05) is 0 Å². The molecule has 2 rings (SSSR count). The summed E-state index contributed by atoms with van der Waals surface area (Å²) in [6.45, 7) is 0. The van der Waals surface area contributed by atoms with Crippen LogP contribution in [0.25, 0.3) is 0 Å². The second-order valence-corrected chi connectivity index (χ2v) is 2.94. The average Bonchev–Trinajstić information content (AvgIpc) is 2.43. The van der Waals surface area contributed by atoms with Crippen molar-refractivity contribution in [1.82, 2.24) is 0 Å². The lowest BCUT2D eigenvalue weighted by atomic mass is 10.2. The minimum atomic E-state index is -0.636. The van der Waals surface area contributed by atoms with Gasteiger partial charge in [0.15, 0.2) is 12.6 Å². The van der Waals surface area contributed by atoms with Crippen LogP contribution in [0.15, 0.2) is 0 Å². The predicted molar refractivity (Wildman–Crippen MR) is 35.8 cm³/mol. The standard InChI is InChI=1S/C7H12O4/c1-9-7-3-5-4(11-7)2-6(8)10-5/h4-8H,2-3H2,1H3/t4-,5-,6?,7-/m1/s1. The molecule has 0 aliphatic carbocycles. The van der Waals surface area contributed by atoms with E-state index in [1.54, 1.807) is 7.11 Å². The second kappa shape index (κ2) is 2.71. The van der Waals surface area contributed by atoms with Gasteiger partial charge in [0.2, 0.25) is 0 Å². The molecule has 2 saturated heterocycles. The summed E-state index contributed by atoms with van der Waals surface area (Å²) >= 11 is 0. The first-order valence-corrected chi connectivity index (χ1v) is 3.81. The van der Waals surface area contributed by atoms with Gasteiger partial charge in [-0.15, -0.1) is 0 Å². The van der Waals surface area contributed by atoms with Crippen molar-refractivity contribution >= 4 is 0 Å². The van der Waals surface area contributed by atoms with Crippen molar-refractivity contribution in [2.75, 3.05) is 7.11 Å². The molecule has 4 heteroatoms. The fourth-order valence-corrected chi connectivity index (χ4v) is 1.64. The summed E-state index contributed by atoms with van der Waals surface area (Å²) in [6, 6.07) is 0. The minimum absolute atomic E-state index is 0.0370. The maximum atomic E-state index is 9.05. The van der Waals surface area contributed by atoms with Crippen LogP contribution in [0.4, 0.5) is 0 Å². The molecule has 0 aromatic rings. The van der Waals surface area contributed by atoms with E-state index in [9.17, 15) is 0 Å². The van der Waals surface area contributed by atoms with Gasteiger partial charge in [0.1, 0.15) is 0 Å². The lowest BCUT2D eigenvalue weighted by Gasteiger charge is -2.09. The summed E-state index contributed by atoms with van der Waals surface area (Å²) in [6.07, 6.45) is 0.605. The van der Waals surface area contributed by atoms with E-state index in [2.05, 4.69) is 0 Å². The Hall–Kier alpha value is -0.160. The molecular formula is C7H12O4. The van der Waals surface area contributed by atoms with Crippen molar-refractivity contribution in [1.29, 1.82) is 0 Å². The average molecular weight is 160 g/mol. The van der Waals surface area contributed by atoms with Gasteiger partial charge in [-0.25, -0.2) is 0 Å². The molecule has 0 radical (unpaired) electrons. The second-order valence-electron chi connectivity index (χ2n) is 2.94. The summed E-state index contributed by atoms with van der Waals surface area (Å²) in [7, 11) is 1.61. The highest BCUT2D eigenvalue weighted by Gasteiger charge is 2.43. The monoisotopic (exact) mass is 160 g/mol. The van der Waals surface area contributed by atoms with Crippen molar-refractivity contribution in [3.05, 3.63) is 0 Å². The summed E-state index contributed by atoms with van der Waals surface area (Å²) in [5.74, 6) is 0. The van der Waals surface area contributed by atoms with E-state index in [0.29, 0.717) is 6.42 Å². The molecule has 1 N–H and O–H groups in total. The normalized spacial score (nSPS) is 49.6. The van der Waals surface area contributed by atoms with E-state index in [-0.39, 0.29) is 18.5 Å². The first-order valence-electron chi connectivity index (χ1n) is 3.81. The van der Waals surface area contributed by atoms with Gasteiger partial charge in [-0.3, -0.25) is 0 Å². The third-order valence-corrected chi connectivity index (χ3v) is 2.19. The Morgan fingerprint density at radius 2 is 2.00 bits per heavy atom. The van der Waals surface area contributed by atoms with Crippen LogP contribution in [-0.4, -0.2) is 37.0 Å². The molecule has 4 nitrogen and oxygen atoms in total. The number of aliphatic hydroxyl groups excluding tert-OH is 1. The molecule has 0 spiro atoms. The van der Waals surface area contributed by atoms with E-state index in [1.165, 1.54) is 0 Å². The van der Waals surface area contributed by atoms with Gasteiger partial charge >= 0.3 is 0 Å². The van der Waals surface area contributed by atoms with Crippen LogP contribution in [0.1, 0.15) is 12.8 Å². The van der Waals surface area contributed by atoms with Crippen LogP contribution in [0.5, 0.6) is 0 Å². The highest BCUT2D eigenvalue weighted by molar-refractivity contribution is 4.85. The zero-order chi connectivity index (χ0) is 7.84. The Balaban J connectivity index is 1.93. The molecule has 11 heavy (non-hydrogen) atoms. The Labute approximate surface area is 65.1 Å². The molecule has 0 aromatic heterocycles. The molecule has 0 saturated carbocycles. The smallest absolute Gasteiger partial charge is 0.160 e. The minimum Gasteiger partial charge on any atom is -0.368 e. The largest absolute Gasteiger partial charge is 0.368 e. The van der Waals surface area contributed by atoms with Crippen molar-refractivity contribution in [2.45, 2.75) is 37.6 Å². The van der Waals surface area contributed by atoms with Crippen LogP contribution in [0.3, 0.4) is 0 Å². The molecule has 4 atom stereocenters. The molecular weight excluding hydrogens is 148 g/mol. The summed E-state index contributed by atoms with van der Waals surface area (Å²) in [5.41, 5.74) is 0. The number of hydrogen-bond donors (Lipinski definition) is 1. The third kappa shape index (κ3) is 1.27. The summed E-state index contributed by atoms with van der Waals surface area (Å²) < 4.78 is 15.6. The van der Waals surface area contributed by atoms with Crippen molar-refractivity contribution in [2.24, 2.45) is 0 Å². The van der Waals surface area contributed by atoms with Crippen molar-refractivity contribution < 1.29 is 19.3 Å². The van der Waals surface area contributed by atoms with E-state index in [4.69, 9.17) is 19.3 Å². The van der Waals surface area contributed by atoms with Crippen LogP contribution in [0.2, 0.25) is 0 Å². The Kier molecular flexibility index (Phi) is 1.85. The van der Waals surface area contributed by atoms with Crippen LogP contribution in [0, 0.1) is 0 Å². The summed E-state index contributed by atoms with van der Waals surface area (Å²) in [5, 5.41) is 9.05. The van der Waals surface area contributed by atoms with Gasteiger partial charge in [-0.2, -0.15) is 0 Å². The van der Waals surface area contributed by atoms with Gasteiger partial charge in [0.05, 0.1) is 12.2 Å². The molecule has 0 aromatic carbocycles. The molecule has 2 fully saturated rings. The third-order valence-electron chi connectivity index (χ3n) is 2.19. The fraction of sp³-hybridized carbons (Fsp3) is 1.00. The van der Waals surface area contributed by atoms with Gasteiger partial charge < -0.3 is 19.3 Å². The Morgan fingerprint density at radius 3 is 2.64 bits per heavy atom. The number of aliphatic hydroxyl groups is 1. The van der Waals surface area contributed by atoms with Crippen LogP contribution >= 0.6 is 0 Å². The zero-order valence-electron chi connectivity index (χ0n) is 6.40. The molecule has 64 valence electrons. The fourth-order valence-electron chi connectivity index (χ4n) is 1.64. The molecule has 0 bridgehead atoms. The van der Waals surface area contributed by atoms with Gasteiger partial charge in [0, 0.05) is 20.0 Å². The number of rotatable bonds is 1. The quantitative estimate of drug-likeness (QED) is 0.579. The van der Waals surface area contributed by atoms with Gasteiger partial charge in [0.25, 0.3) is 0 Å². The maximum absolute atomic E-state index is 9.05. The lowest BCUT2D eigenvalue weighted by molar-refractivity contribution is -0.128. The highest BCUT2D eigenvalue weighted by atomic mass is 16.7. The zero-order valence-corrected chi connectivity index (χ0v) is 6.40. The first kappa shape index (κ1) is 7.49. The van der Waals surface area contributed by atoms with Crippen LogP contribution < -0.4 is 0 Å². The predicted octanol–water partition coefficient (Wildman–Crippen LogP) is -0.145. The molecule has 2 heterocycles. The number of methoxy groups -OCH3 is 1. The molecule has 2 aliphatic heterocycles. The van der Waals surface area contributed by atoms with Crippen molar-refractivity contribution in [3.8, 4) is 0 Å². The molecule has 1 unspecified atom stereocenters. The first-order chi connectivity index (χ1) is 5.29. The van der Waals surface area contributed by atoms with E-state index >= 15 is 0 Å².